The van der Waals surface area contributed by atoms with Crippen molar-refractivity contribution < 1.29 is 9.18 Å². The van der Waals surface area contributed by atoms with E-state index in [-0.39, 0.29) is 29.0 Å². The van der Waals surface area contributed by atoms with Crippen LogP contribution in [-0.2, 0) is 17.8 Å². The lowest BCUT2D eigenvalue weighted by atomic mass is 10.1. The fourth-order valence-electron chi connectivity index (χ4n) is 2.29. The van der Waals surface area contributed by atoms with E-state index >= 15 is 0 Å². The van der Waals surface area contributed by atoms with E-state index < -0.39 is 5.82 Å². The Morgan fingerprint density at radius 3 is 2.41 bits per heavy atom. The molecule has 0 saturated carbocycles. The van der Waals surface area contributed by atoms with Gasteiger partial charge in [-0.05, 0) is 31.5 Å². The minimum absolute atomic E-state index is 0.0262. The SMILES string of the molecule is CC(C)N(Cc1ccccc1)C(=O)Cc1c(F)cccc1Cl. The van der Waals surface area contributed by atoms with E-state index in [1.165, 1.54) is 12.1 Å². The van der Waals surface area contributed by atoms with Gasteiger partial charge in [0.05, 0.1) is 6.42 Å². The molecule has 0 saturated heterocycles. The molecule has 2 nitrogen and oxygen atoms in total. The fraction of sp³-hybridized carbons (Fsp3) is 0.278. The lowest BCUT2D eigenvalue weighted by Crippen LogP contribution is -2.37. The summed E-state index contributed by atoms with van der Waals surface area (Å²) >= 11 is 6.01. The van der Waals surface area contributed by atoms with Crippen LogP contribution in [0.4, 0.5) is 4.39 Å². The Labute approximate surface area is 135 Å². The molecule has 0 N–H and O–H groups in total. The van der Waals surface area contributed by atoms with Gasteiger partial charge in [-0.2, -0.15) is 0 Å². The average molecular weight is 320 g/mol. The van der Waals surface area contributed by atoms with Crippen molar-refractivity contribution >= 4 is 17.5 Å². The van der Waals surface area contributed by atoms with Gasteiger partial charge in [0, 0.05) is 23.2 Å². The van der Waals surface area contributed by atoms with E-state index in [1.807, 2.05) is 44.2 Å². The average Bonchev–Trinajstić information content (AvgIpc) is 2.49. The number of rotatable bonds is 5. The van der Waals surface area contributed by atoms with Gasteiger partial charge in [-0.25, -0.2) is 4.39 Å². The Kier molecular flexibility index (Phi) is 5.56. The van der Waals surface area contributed by atoms with Gasteiger partial charge in [0.25, 0.3) is 0 Å². The number of amides is 1. The van der Waals surface area contributed by atoms with E-state index in [4.69, 9.17) is 11.6 Å². The Morgan fingerprint density at radius 2 is 1.82 bits per heavy atom. The summed E-state index contributed by atoms with van der Waals surface area (Å²) in [5, 5.41) is 0.289. The highest BCUT2D eigenvalue weighted by molar-refractivity contribution is 6.31. The smallest absolute Gasteiger partial charge is 0.227 e. The largest absolute Gasteiger partial charge is 0.336 e. The fourth-order valence-corrected chi connectivity index (χ4v) is 2.52. The molecule has 0 aromatic heterocycles. The quantitative estimate of drug-likeness (QED) is 0.797. The summed E-state index contributed by atoms with van der Waals surface area (Å²) in [7, 11) is 0. The Hall–Kier alpha value is -1.87. The predicted molar refractivity (Wildman–Crippen MR) is 87.2 cm³/mol. The standard InChI is InChI=1S/C18H19ClFNO/c1-13(2)21(12-14-7-4-3-5-8-14)18(22)11-15-16(19)9-6-10-17(15)20/h3-10,13H,11-12H2,1-2H3. The number of carbonyl (C=O) groups is 1. The Balaban J connectivity index is 2.17. The van der Waals surface area contributed by atoms with Crippen LogP contribution in [0.5, 0.6) is 0 Å². The summed E-state index contributed by atoms with van der Waals surface area (Å²) < 4.78 is 13.8. The first kappa shape index (κ1) is 16.5. The highest BCUT2D eigenvalue weighted by atomic mass is 35.5. The number of benzene rings is 2. The molecular formula is C18H19ClFNO. The zero-order valence-electron chi connectivity index (χ0n) is 12.7. The van der Waals surface area contributed by atoms with Gasteiger partial charge in [0.15, 0.2) is 0 Å². The molecule has 2 rings (SSSR count). The van der Waals surface area contributed by atoms with Crippen LogP contribution in [0, 0.1) is 5.82 Å². The second kappa shape index (κ2) is 7.41. The minimum Gasteiger partial charge on any atom is -0.336 e. The highest BCUT2D eigenvalue weighted by Gasteiger charge is 2.20. The maximum atomic E-state index is 13.8. The van der Waals surface area contributed by atoms with Gasteiger partial charge in [-0.3, -0.25) is 4.79 Å². The van der Waals surface area contributed by atoms with E-state index in [0.29, 0.717) is 6.54 Å². The molecule has 0 aliphatic carbocycles. The van der Waals surface area contributed by atoms with Gasteiger partial charge in [-0.15, -0.1) is 0 Å². The van der Waals surface area contributed by atoms with Crippen molar-refractivity contribution in [2.45, 2.75) is 32.9 Å². The Morgan fingerprint density at radius 1 is 1.14 bits per heavy atom. The highest BCUT2D eigenvalue weighted by Crippen LogP contribution is 2.21. The molecule has 0 radical (unpaired) electrons. The summed E-state index contributed by atoms with van der Waals surface area (Å²) in [5.41, 5.74) is 1.30. The molecule has 0 fully saturated rings. The van der Waals surface area contributed by atoms with E-state index in [1.54, 1.807) is 11.0 Å². The Bertz CT molecular complexity index is 623. The lowest BCUT2D eigenvalue weighted by Gasteiger charge is -2.27. The number of nitrogens with zero attached hydrogens (tertiary/aromatic N) is 1. The van der Waals surface area contributed by atoms with Crippen molar-refractivity contribution in [3.8, 4) is 0 Å². The molecule has 2 aromatic rings. The summed E-state index contributed by atoms with van der Waals surface area (Å²) in [6.45, 7) is 4.40. The normalized spacial score (nSPS) is 10.8. The third kappa shape index (κ3) is 4.08. The molecular weight excluding hydrogens is 301 g/mol. The van der Waals surface area contributed by atoms with Crippen LogP contribution in [0.15, 0.2) is 48.5 Å². The first-order chi connectivity index (χ1) is 10.5. The van der Waals surface area contributed by atoms with Crippen molar-refractivity contribution in [3.05, 3.63) is 70.5 Å². The van der Waals surface area contributed by atoms with Crippen LogP contribution in [-0.4, -0.2) is 16.8 Å². The van der Waals surface area contributed by atoms with Crippen LogP contribution in [0.1, 0.15) is 25.0 Å². The van der Waals surface area contributed by atoms with Crippen molar-refractivity contribution in [3.63, 3.8) is 0 Å². The first-order valence-electron chi connectivity index (χ1n) is 7.25. The topological polar surface area (TPSA) is 20.3 Å². The molecule has 2 aromatic carbocycles. The zero-order chi connectivity index (χ0) is 16.1. The monoisotopic (exact) mass is 319 g/mol. The molecule has 0 unspecified atom stereocenters. The number of carbonyl (C=O) groups excluding carboxylic acids is 1. The first-order valence-corrected chi connectivity index (χ1v) is 7.63. The summed E-state index contributed by atoms with van der Waals surface area (Å²) in [6.07, 6.45) is -0.0312. The molecule has 1 amide bonds. The molecule has 0 aliphatic rings. The predicted octanol–water partition coefficient (Wildman–Crippen LogP) is 4.46. The van der Waals surface area contributed by atoms with Crippen molar-refractivity contribution in [2.24, 2.45) is 0 Å². The molecule has 116 valence electrons. The summed E-state index contributed by atoms with van der Waals surface area (Å²) in [5.74, 6) is -0.574. The minimum atomic E-state index is -0.440. The third-order valence-electron chi connectivity index (χ3n) is 3.53. The van der Waals surface area contributed by atoms with Crippen molar-refractivity contribution in [1.82, 2.24) is 4.90 Å². The van der Waals surface area contributed by atoms with Crippen LogP contribution in [0.25, 0.3) is 0 Å². The molecule has 4 heteroatoms. The van der Waals surface area contributed by atoms with E-state index in [2.05, 4.69) is 0 Å². The molecule has 0 heterocycles. The molecule has 0 bridgehead atoms. The second-order valence-electron chi connectivity index (χ2n) is 5.48. The van der Waals surface area contributed by atoms with Gasteiger partial charge in [0.2, 0.25) is 5.91 Å². The van der Waals surface area contributed by atoms with Crippen molar-refractivity contribution in [2.75, 3.05) is 0 Å². The zero-order valence-corrected chi connectivity index (χ0v) is 13.5. The van der Waals surface area contributed by atoms with Gasteiger partial charge in [0.1, 0.15) is 5.82 Å². The van der Waals surface area contributed by atoms with E-state index in [9.17, 15) is 9.18 Å². The maximum Gasteiger partial charge on any atom is 0.227 e. The molecule has 0 atom stereocenters. The number of halogens is 2. The maximum absolute atomic E-state index is 13.8. The van der Waals surface area contributed by atoms with Crippen LogP contribution in [0.3, 0.4) is 0 Å². The second-order valence-corrected chi connectivity index (χ2v) is 5.89. The summed E-state index contributed by atoms with van der Waals surface area (Å²) in [4.78, 5) is 14.3. The molecule has 22 heavy (non-hydrogen) atoms. The van der Waals surface area contributed by atoms with Gasteiger partial charge in [-0.1, -0.05) is 48.0 Å². The lowest BCUT2D eigenvalue weighted by molar-refractivity contribution is -0.132. The van der Waals surface area contributed by atoms with Crippen LogP contribution in [0.2, 0.25) is 5.02 Å². The molecule has 0 aliphatic heterocycles. The van der Waals surface area contributed by atoms with Crippen LogP contribution < -0.4 is 0 Å². The number of hydrogen-bond acceptors (Lipinski definition) is 1. The summed E-state index contributed by atoms with van der Waals surface area (Å²) in [6, 6.07) is 14.2. The third-order valence-corrected chi connectivity index (χ3v) is 3.88. The van der Waals surface area contributed by atoms with Gasteiger partial charge >= 0.3 is 0 Å². The van der Waals surface area contributed by atoms with Gasteiger partial charge < -0.3 is 4.90 Å². The number of hydrogen-bond donors (Lipinski definition) is 0. The molecule has 0 spiro atoms. The van der Waals surface area contributed by atoms with Crippen LogP contribution >= 0.6 is 11.6 Å². The van der Waals surface area contributed by atoms with E-state index in [0.717, 1.165) is 5.56 Å². The van der Waals surface area contributed by atoms with Crippen molar-refractivity contribution in [1.29, 1.82) is 0 Å².